The summed E-state index contributed by atoms with van der Waals surface area (Å²) in [4.78, 5) is 0. The Morgan fingerprint density at radius 3 is 2.64 bits per heavy atom. The Kier molecular flexibility index (Phi) is 4.49. The van der Waals surface area contributed by atoms with Crippen molar-refractivity contribution in [3.05, 3.63) is 35.4 Å². The first kappa shape index (κ1) is 11.1. The molecule has 0 saturated heterocycles. The molecule has 0 saturated carbocycles. The lowest BCUT2D eigenvalue weighted by molar-refractivity contribution is 0.286. The predicted molar refractivity (Wildman–Crippen MR) is 49.8 cm³/mol. The highest BCUT2D eigenvalue weighted by Crippen LogP contribution is 2.08. The zero-order valence-corrected chi connectivity index (χ0v) is 7.76. The fraction of sp³-hybridized carbons (Fsp3) is 0.400. The van der Waals surface area contributed by atoms with Gasteiger partial charge < -0.3 is 10.4 Å². The largest absolute Gasteiger partial charge is 0.396 e. The molecule has 0 atom stereocenters. The molecule has 1 aromatic carbocycles. The second kappa shape index (κ2) is 5.67. The van der Waals surface area contributed by atoms with Gasteiger partial charge in [0.2, 0.25) is 0 Å². The third kappa shape index (κ3) is 3.40. The summed E-state index contributed by atoms with van der Waals surface area (Å²) in [6.45, 7) is 1.28. The van der Waals surface area contributed by atoms with Crippen LogP contribution in [0.3, 0.4) is 0 Å². The highest BCUT2D eigenvalue weighted by atomic mass is 19.2. The first-order chi connectivity index (χ1) is 6.74. The van der Waals surface area contributed by atoms with Gasteiger partial charge in [0.1, 0.15) is 0 Å². The summed E-state index contributed by atoms with van der Waals surface area (Å²) in [5.74, 6) is -1.66. The van der Waals surface area contributed by atoms with E-state index in [1.165, 1.54) is 12.1 Å². The van der Waals surface area contributed by atoms with Crippen LogP contribution in [0.15, 0.2) is 18.2 Å². The molecular weight excluding hydrogens is 188 g/mol. The van der Waals surface area contributed by atoms with Crippen molar-refractivity contribution in [2.24, 2.45) is 0 Å². The fourth-order valence-electron chi connectivity index (χ4n) is 1.09. The topological polar surface area (TPSA) is 32.3 Å². The molecule has 0 aromatic heterocycles. The molecule has 0 aliphatic heterocycles. The van der Waals surface area contributed by atoms with Crippen molar-refractivity contribution in [2.45, 2.75) is 13.0 Å². The van der Waals surface area contributed by atoms with Crippen LogP contribution in [-0.2, 0) is 6.54 Å². The van der Waals surface area contributed by atoms with E-state index in [2.05, 4.69) is 5.32 Å². The molecule has 2 nitrogen and oxygen atoms in total. The third-order valence-electron chi connectivity index (χ3n) is 1.82. The zero-order valence-electron chi connectivity index (χ0n) is 7.76. The van der Waals surface area contributed by atoms with Crippen molar-refractivity contribution in [1.29, 1.82) is 0 Å². The lowest BCUT2D eigenvalue weighted by Gasteiger charge is -2.03. The van der Waals surface area contributed by atoms with Crippen LogP contribution in [0.25, 0.3) is 0 Å². The van der Waals surface area contributed by atoms with E-state index >= 15 is 0 Å². The molecule has 0 radical (unpaired) electrons. The first-order valence-electron chi connectivity index (χ1n) is 4.49. The zero-order chi connectivity index (χ0) is 10.4. The second-order valence-corrected chi connectivity index (χ2v) is 3.00. The quantitative estimate of drug-likeness (QED) is 0.706. The molecule has 0 unspecified atom stereocenters. The smallest absolute Gasteiger partial charge is 0.159 e. The van der Waals surface area contributed by atoms with Gasteiger partial charge >= 0.3 is 0 Å². The molecule has 4 heteroatoms. The standard InChI is InChI=1S/C10H13F2NO/c11-9-3-2-8(6-10(9)12)7-13-4-1-5-14/h2-3,6,13-14H,1,4-5,7H2. The summed E-state index contributed by atoms with van der Waals surface area (Å²) in [6.07, 6.45) is 0.656. The minimum Gasteiger partial charge on any atom is -0.396 e. The van der Waals surface area contributed by atoms with Crippen LogP contribution < -0.4 is 5.32 Å². The van der Waals surface area contributed by atoms with E-state index < -0.39 is 11.6 Å². The molecule has 2 N–H and O–H groups in total. The van der Waals surface area contributed by atoms with Crippen molar-refractivity contribution in [3.8, 4) is 0 Å². The minimum atomic E-state index is -0.830. The van der Waals surface area contributed by atoms with Gasteiger partial charge in [0, 0.05) is 13.2 Å². The Labute approximate surface area is 81.6 Å². The number of aliphatic hydroxyl groups is 1. The van der Waals surface area contributed by atoms with Crippen molar-refractivity contribution < 1.29 is 13.9 Å². The van der Waals surface area contributed by atoms with E-state index in [-0.39, 0.29) is 6.61 Å². The molecule has 1 aromatic rings. The number of rotatable bonds is 5. The van der Waals surface area contributed by atoms with Crippen LogP contribution in [-0.4, -0.2) is 18.3 Å². The van der Waals surface area contributed by atoms with Crippen molar-refractivity contribution in [3.63, 3.8) is 0 Å². The highest BCUT2D eigenvalue weighted by molar-refractivity contribution is 5.17. The van der Waals surface area contributed by atoms with E-state index in [1.54, 1.807) is 0 Å². The monoisotopic (exact) mass is 201 g/mol. The normalized spacial score (nSPS) is 10.5. The summed E-state index contributed by atoms with van der Waals surface area (Å²) in [6, 6.07) is 3.81. The second-order valence-electron chi connectivity index (χ2n) is 3.00. The minimum absolute atomic E-state index is 0.130. The van der Waals surface area contributed by atoms with Gasteiger partial charge in [0.15, 0.2) is 11.6 Å². The first-order valence-corrected chi connectivity index (χ1v) is 4.49. The van der Waals surface area contributed by atoms with Crippen LogP contribution in [0.5, 0.6) is 0 Å². The summed E-state index contributed by atoms with van der Waals surface area (Å²) < 4.78 is 25.2. The Morgan fingerprint density at radius 2 is 2.00 bits per heavy atom. The molecule has 0 amide bonds. The Hall–Kier alpha value is -1.00. The molecule has 0 heterocycles. The molecule has 1 rings (SSSR count). The third-order valence-corrected chi connectivity index (χ3v) is 1.82. The van der Waals surface area contributed by atoms with Crippen LogP contribution in [0.4, 0.5) is 8.78 Å². The van der Waals surface area contributed by atoms with Gasteiger partial charge in [-0.25, -0.2) is 8.78 Å². The van der Waals surface area contributed by atoms with Gasteiger partial charge in [-0.2, -0.15) is 0 Å². The van der Waals surface area contributed by atoms with Gasteiger partial charge in [-0.1, -0.05) is 6.07 Å². The van der Waals surface area contributed by atoms with E-state index in [4.69, 9.17) is 5.11 Å². The van der Waals surface area contributed by atoms with Crippen LogP contribution in [0.1, 0.15) is 12.0 Å². The van der Waals surface area contributed by atoms with Gasteiger partial charge in [-0.3, -0.25) is 0 Å². The summed E-state index contributed by atoms with van der Waals surface area (Å²) in [5.41, 5.74) is 0.696. The van der Waals surface area contributed by atoms with Crippen LogP contribution >= 0.6 is 0 Å². The number of halogens is 2. The number of hydrogen-bond acceptors (Lipinski definition) is 2. The SMILES string of the molecule is OCCCNCc1ccc(F)c(F)c1. The molecule has 78 valence electrons. The average Bonchev–Trinajstić information content (AvgIpc) is 2.18. The van der Waals surface area contributed by atoms with E-state index in [1.807, 2.05) is 0 Å². The number of benzene rings is 1. The fourth-order valence-corrected chi connectivity index (χ4v) is 1.09. The number of nitrogens with one attached hydrogen (secondary N) is 1. The molecule has 14 heavy (non-hydrogen) atoms. The van der Waals surface area contributed by atoms with Crippen molar-refractivity contribution in [2.75, 3.05) is 13.2 Å². The average molecular weight is 201 g/mol. The molecular formula is C10H13F2NO. The van der Waals surface area contributed by atoms with Crippen LogP contribution in [0.2, 0.25) is 0 Å². The maximum atomic E-state index is 12.7. The van der Waals surface area contributed by atoms with Crippen molar-refractivity contribution >= 4 is 0 Å². The summed E-state index contributed by atoms with van der Waals surface area (Å²) in [5, 5.41) is 11.5. The van der Waals surface area contributed by atoms with Gasteiger partial charge in [0.05, 0.1) is 0 Å². The predicted octanol–water partition coefficient (Wildman–Crippen LogP) is 1.44. The Morgan fingerprint density at radius 1 is 1.21 bits per heavy atom. The lowest BCUT2D eigenvalue weighted by atomic mass is 10.2. The van der Waals surface area contributed by atoms with E-state index in [9.17, 15) is 8.78 Å². The molecule has 0 aliphatic carbocycles. The molecule has 0 aliphatic rings. The Bertz CT molecular complexity index is 291. The Balaban J connectivity index is 2.39. The summed E-state index contributed by atoms with van der Waals surface area (Å²) in [7, 11) is 0. The number of aliphatic hydroxyl groups excluding tert-OH is 1. The van der Waals surface area contributed by atoms with Gasteiger partial charge in [-0.05, 0) is 30.7 Å². The lowest BCUT2D eigenvalue weighted by Crippen LogP contribution is -2.15. The van der Waals surface area contributed by atoms with Crippen LogP contribution in [0, 0.1) is 11.6 Å². The maximum Gasteiger partial charge on any atom is 0.159 e. The van der Waals surface area contributed by atoms with Crippen molar-refractivity contribution in [1.82, 2.24) is 5.32 Å². The van der Waals surface area contributed by atoms with E-state index in [0.717, 1.165) is 6.07 Å². The molecule has 0 spiro atoms. The van der Waals surface area contributed by atoms with E-state index in [0.29, 0.717) is 25.1 Å². The summed E-state index contributed by atoms with van der Waals surface area (Å²) >= 11 is 0. The molecule has 0 bridgehead atoms. The van der Waals surface area contributed by atoms with Gasteiger partial charge in [0.25, 0.3) is 0 Å². The maximum absolute atomic E-state index is 12.7. The van der Waals surface area contributed by atoms with Gasteiger partial charge in [-0.15, -0.1) is 0 Å². The number of hydrogen-bond donors (Lipinski definition) is 2. The molecule has 0 fully saturated rings. The highest BCUT2D eigenvalue weighted by Gasteiger charge is 2.01.